The molecular formula is C18H29BrN2. The first-order valence-electron chi connectivity index (χ1n) is 8.52. The van der Waals surface area contributed by atoms with Gasteiger partial charge < -0.3 is 10.2 Å². The Bertz CT molecular complexity index is 433. The van der Waals surface area contributed by atoms with E-state index in [4.69, 9.17) is 0 Å². The maximum absolute atomic E-state index is 3.80. The van der Waals surface area contributed by atoms with E-state index in [2.05, 4.69) is 58.2 Å². The van der Waals surface area contributed by atoms with Crippen LogP contribution in [0.25, 0.3) is 0 Å². The summed E-state index contributed by atoms with van der Waals surface area (Å²) in [4.78, 5) is 2.63. The van der Waals surface area contributed by atoms with Crippen molar-refractivity contribution >= 4 is 21.6 Å². The number of rotatable bonds is 6. The molecule has 0 radical (unpaired) electrons. The molecule has 2 rings (SSSR count). The summed E-state index contributed by atoms with van der Waals surface area (Å²) in [7, 11) is 0. The van der Waals surface area contributed by atoms with E-state index in [-0.39, 0.29) is 0 Å². The molecule has 0 aliphatic carbocycles. The maximum Gasteiger partial charge on any atom is 0.0513 e. The molecule has 0 bridgehead atoms. The van der Waals surface area contributed by atoms with Gasteiger partial charge in [-0.25, -0.2) is 0 Å². The summed E-state index contributed by atoms with van der Waals surface area (Å²) in [6.45, 7) is 7.77. The van der Waals surface area contributed by atoms with Gasteiger partial charge in [0.2, 0.25) is 0 Å². The van der Waals surface area contributed by atoms with Crippen LogP contribution in [0.3, 0.4) is 0 Å². The fraction of sp³-hybridized carbons (Fsp3) is 0.667. The van der Waals surface area contributed by atoms with Gasteiger partial charge in [-0.3, -0.25) is 0 Å². The lowest BCUT2D eigenvalue weighted by atomic mass is 10.1. The Balaban J connectivity index is 2.10. The lowest BCUT2D eigenvalue weighted by Crippen LogP contribution is -2.34. The fourth-order valence-electron chi connectivity index (χ4n) is 3.22. The maximum atomic E-state index is 3.80. The van der Waals surface area contributed by atoms with Gasteiger partial charge in [-0.1, -0.05) is 32.8 Å². The van der Waals surface area contributed by atoms with Crippen molar-refractivity contribution in [3.8, 4) is 0 Å². The van der Waals surface area contributed by atoms with E-state index in [9.17, 15) is 0 Å². The Kier molecular flexibility index (Phi) is 7.05. The smallest absolute Gasteiger partial charge is 0.0513 e. The van der Waals surface area contributed by atoms with Crippen molar-refractivity contribution in [3.63, 3.8) is 0 Å². The lowest BCUT2D eigenvalue weighted by molar-refractivity contribution is 0.555. The second kappa shape index (κ2) is 8.79. The number of hydrogen-bond acceptors (Lipinski definition) is 2. The third-order valence-electron chi connectivity index (χ3n) is 4.43. The van der Waals surface area contributed by atoms with Crippen LogP contribution in [-0.2, 0) is 6.54 Å². The zero-order valence-electron chi connectivity index (χ0n) is 13.5. The average molecular weight is 353 g/mol. The molecule has 2 nitrogen and oxygen atoms in total. The molecule has 1 aromatic rings. The van der Waals surface area contributed by atoms with Crippen molar-refractivity contribution in [3.05, 3.63) is 28.2 Å². The van der Waals surface area contributed by atoms with Crippen molar-refractivity contribution in [1.29, 1.82) is 0 Å². The first-order valence-corrected chi connectivity index (χ1v) is 9.31. The summed E-state index contributed by atoms with van der Waals surface area (Å²) in [6.07, 6.45) is 7.85. The molecule has 0 aromatic heterocycles. The summed E-state index contributed by atoms with van der Waals surface area (Å²) >= 11 is 3.80. The Hall–Kier alpha value is -0.540. The molecule has 0 saturated carbocycles. The number of nitrogens with zero attached hydrogens (tertiary/aromatic N) is 1. The van der Waals surface area contributed by atoms with Crippen LogP contribution in [0.2, 0.25) is 0 Å². The standard InChI is InChI=1S/C18H29BrN2/c1-3-11-20-14-15-9-10-18(17(19)13-15)21-12-7-5-6-8-16(21)4-2/h9-10,13,16,20H,3-8,11-12,14H2,1-2H3. The molecule has 1 aliphatic heterocycles. The zero-order chi connectivity index (χ0) is 15.1. The van der Waals surface area contributed by atoms with Gasteiger partial charge in [-0.2, -0.15) is 0 Å². The number of benzene rings is 1. The van der Waals surface area contributed by atoms with E-state index < -0.39 is 0 Å². The molecule has 1 aliphatic rings. The molecule has 21 heavy (non-hydrogen) atoms. The Morgan fingerprint density at radius 1 is 1.24 bits per heavy atom. The van der Waals surface area contributed by atoms with Gasteiger partial charge in [0.25, 0.3) is 0 Å². The second-order valence-corrected chi connectivity index (χ2v) is 6.92. The van der Waals surface area contributed by atoms with E-state index in [1.54, 1.807) is 0 Å². The van der Waals surface area contributed by atoms with E-state index >= 15 is 0 Å². The number of anilines is 1. The minimum absolute atomic E-state index is 0.702. The number of nitrogens with one attached hydrogen (secondary N) is 1. The van der Waals surface area contributed by atoms with Gasteiger partial charge in [0.1, 0.15) is 0 Å². The molecule has 1 atom stereocenters. The predicted molar refractivity (Wildman–Crippen MR) is 96.0 cm³/mol. The highest BCUT2D eigenvalue weighted by Gasteiger charge is 2.21. The minimum Gasteiger partial charge on any atom is -0.368 e. The monoisotopic (exact) mass is 352 g/mol. The minimum atomic E-state index is 0.702. The predicted octanol–water partition coefficient (Wildman–Crippen LogP) is 5.11. The van der Waals surface area contributed by atoms with Gasteiger partial charge in [0.05, 0.1) is 5.69 Å². The summed E-state index contributed by atoms with van der Waals surface area (Å²) in [5.41, 5.74) is 2.74. The highest BCUT2D eigenvalue weighted by Crippen LogP contribution is 2.32. The van der Waals surface area contributed by atoms with Crippen LogP contribution < -0.4 is 10.2 Å². The first kappa shape index (κ1) is 16.8. The first-order chi connectivity index (χ1) is 10.3. The summed E-state index contributed by atoms with van der Waals surface area (Å²) < 4.78 is 1.25. The molecular weight excluding hydrogens is 324 g/mol. The average Bonchev–Trinajstić information content (AvgIpc) is 2.73. The van der Waals surface area contributed by atoms with Crippen LogP contribution in [0.15, 0.2) is 22.7 Å². The number of hydrogen-bond donors (Lipinski definition) is 1. The molecule has 0 spiro atoms. The molecule has 1 heterocycles. The Morgan fingerprint density at radius 3 is 2.81 bits per heavy atom. The molecule has 1 aromatic carbocycles. The molecule has 1 unspecified atom stereocenters. The van der Waals surface area contributed by atoms with E-state index in [1.807, 2.05) is 0 Å². The van der Waals surface area contributed by atoms with Crippen molar-refractivity contribution in [2.24, 2.45) is 0 Å². The van der Waals surface area contributed by atoms with Crippen LogP contribution in [0.4, 0.5) is 5.69 Å². The van der Waals surface area contributed by atoms with Crippen LogP contribution in [-0.4, -0.2) is 19.1 Å². The van der Waals surface area contributed by atoms with Crippen molar-refractivity contribution < 1.29 is 0 Å². The quantitative estimate of drug-likeness (QED) is 0.715. The van der Waals surface area contributed by atoms with Crippen molar-refractivity contribution in [1.82, 2.24) is 5.32 Å². The van der Waals surface area contributed by atoms with Crippen LogP contribution in [0, 0.1) is 0 Å². The van der Waals surface area contributed by atoms with E-state index in [1.165, 1.54) is 60.8 Å². The van der Waals surface area contributed by atoms with Gasteiger partial charge in [0.15, 0.2) is 0 Å². The molecule has 1 saturated heterocycles. The van der Waals surface area contributed by atoms with Gasteiger partial charge in [-0.05, 0) is 65.9 Å². The normalized spacial score (nSPS) is 19.6. The SMILES string of the molecule is CCCNCc1ccc(N2CCCCCC2CC)c(Br)c1. The van der Waals surface area contributed by atoms with Gasteiger partial charge in [0, 0.05) is 23.6 Å². The van der Waals surface area contributed by atoms with Gasteiger partial charge >= 0.3 is 0 Å². The zero-order valence-corrected chi connectivity index (χ0v) is 15.1. The third kappa shape index (κ3) is 4.72. The highest BCUT2D eigenvalue weighted by atomic mass is 79.9. The van der Waals surface area contributed by atoms with Crippen LogP contribution in [0.1, 0.15) is 57.9 Å². The van der Waals surface area contributed by atoms with Gasteiger partial charge in [-0.15, -0.1) is 0 Å². The molecule has 1 fully saturated rings. The summed E-state index contributed by atoms with van der Waals surface area (Å²) in [6, 6.07) is 7.57. The van der Waals surface area contributed by atoms with E-state index in [0.717, 1.165) is 13.1 Å². The van der Waals surface area contributed by atoms with Crippen molar-refractivity contribution in [2.75, 3.05) is 18.0 Å². The Morgan fingerprint density at radius 2 is 2.10 bits per heavy atom. The van der Waals surface area contributed by atoms with Crippen LogP contribution in [0.5, 0.6) is 0 Å². The largest absolute Gasteiger partial charge is 0.368 e. The second-order valence-electron chi connectivity index (χ2n) is 6.07. The third-order valence-corrected chi connectivity index (χ3v) is 5.06. The van der Waals surface area contributed by atoms with Crippen molar-refractivity contribution in [2.45, 2.75) is 65.0 Å². The molecule has 0 amide bonds. The molecule has 1 N–H and O–H groups in total. The van der Waals surface area contributed by atoms with Crippen LogP contribution >= 0.6 is 15.9 Å². The summed E-state index contributed by atoms with van der Waals surface area (Å²) in [5, 5.41) is 3.47. The molecule has 3 heteroatoms. The highest BCUT2D eigenvalue weighted by molar-refractivity contribution is 9.10. The fourth-order valence-corrected chi connectivity index (χ4v) is 3.88. The summed E-state index contributed by atoms with van der Waals surface area (Å²) in [5.74, 6) is 0. The molecule has 118 valence electrons. The van der Waals surface area contributed by atoms with E-state index in [0.29, 0.717) is 6.04 Å². The number of halogens is 1. The lowest BCUT2D eigenvalue weighted by Gasteiger charge is -2.32. The Labute approximate surface area is 138 Å². The topological polar surface area (TPSA) is 15.3 Å².